The van der Waals surface area contributed by atoms with E-state index in [1.54, 1.807) is 0 Å². The number of hydrogen-bond acceptors (Lipinski definition) is 0. The lowest BCUT2D eigenvalue weighted by Gasteiger charge is -2.35. The number of hydrogen-bond donors (Lipinski definition) is 0. The molecule has 0 heterocycles. The molecule has 0 N–H and O–H groups in total. The molecule has 0 saturated carbocycles. The molecule has 0 nitrogen and oxygen atoms in total. The van der Waals surface area contributed by atoms with Crippen LogP contribution in [0.5, 0.6) is 0 Å². The van der Waals surface area contributed by atoms with Crippen molar-refractivity contribution in [2.75, 3.05) is 0 Å². The van der Waals surface area contributed by atoms with Crippen LogP contribution in [0.4, 0.5) is 0 Å². The molecule has 0 radical (unpaired) electrons. The molecule has 0 saturated heterocycles. The van der Waals surface area contributed by atoms with Crippen LogP contribution in [0.1, 0.15) is 66.7 Å². The van der Waals surface area contributed by atoms with Gasteiger partial charge in [0.25, 0.3) is 0 Å². The van der Waals surface area contributed by atoms with Crippen molar-refractivity contribution in [3.8, 4) is 0 Å². The Morgan fingerprint density at radius 1 is 1.07 bits per heavy atom. The largest absolute Gasteiger partial charge is 0.0911 e. The Bertz CT molecular complexity index is 155. The van der Waals surface area contributed by atoms with Crippen LogP contribution in [0.15, 0.2) is 12.2 Å². The standard InChI is InChI=1S/C14H28/c1-6-9-12-14(10-7-2,11-8-3)13(4)5/h7,10,13H,6,8-9,11-12H2,1-5H3. The van der Waals surface area contributed by atoms with Gasteiger partial charge in [0, 0.05) is 0 Å². The fraction of sp³-hybridized carbons (Fsp3) is 0.857. The molecule has 0 heteroatoms. The van der Waals surface area contributed by atoms with Gasteiger partial charge in [0.05, 0.1) is 0 Å². The van der Waals surface area contributed by atoms with Crippen molar-refractivity contribution in [1.82, 2.24) is 0 Å². The second-order valence-corrected chi connectivity index (χ2v) is 4.74. The van der Waals surface area contributed by atoms with Crippen molar-refractivity contribution in [2.24, 2.45) is 11.3 Å². The second-order valence-electron chi connectivity index (χ2n) is 4.74. The first-order valence-corrected chi connectivity index (χ1v) is 6.26. The summed E-state index contributed by atoms with van der Waals surface area (Å²) in [5, 5.41) is 0. The van der Waals surface area contributed by atoms with Crippen molar-refractivity contribution >= 4 is 0 Å². The first kappa shape index (κ1) is 13.7. The minimum atomic E-state index is 0.472. The highest BCUT2D eigenvalue weighted by atomic mass is 14.3. The summed E-state index contributed by atoms with van der Waals surface area (Å²) in [6.07, 6.45) is 11.4. The van der Waals surface area contributed by atoms with Crippen LogP contribution in [0.2, 0.25) is 0 Å². The van der Waals surface area contributed by atoms with Crippen LogP contribution in [0, 0.1) is 11.3 Å². The van der Waals surface area contributed by atoms with Gasteiger partial charge >= 0.3 is 0 Å². The first-order chi connectivity index (χ1) is 6.63. The molecule has 0 fully saturated rings. The third kappa shape index (κ3) is 3.86. The third-order valence-corrected chi connectivity index (χ3v) is 3.36. The SMILES string of the molecule is CC=CC(CCC)(CCCC)C(C)C. The highest BCUT2D eigenvalue weighted by molar-refractivity contribution is 5.00. The summed E-state index contributed by atoms with van der Waals surface area (Å²) >= 11 is 0. The van der Waals surface area contributed by atoms with E-state index in [4.69, 9.17) is 0 Å². The number of rotatable bonds is 7. The van der Waals surface area contributed by atoms with Crippen LogP contribution < -0.4 is 0 Å². The molecule has 84 valence electrons. The zero-order chi connectivity index (χ0) is 11.0. The maximum Gasteiger partial charge on any atom is -0.00954 e. The molecule has 0 aliphatic carbocycles. The van der Waals surface area contributed by atoms with E-state index in [0.717, 1.165) is 5.92 Å². The molecule has 0 bridgehead atoms. The number of allylic oxidation sites excluding steroid dienone is 2. The maximum atomic E-state index is 2.46. The van der Waals surface area contributed by atoms with Gasteiger partial charge in [-0.3, -0.25) is 0 Å². The minimum Gasteiger partial charge on any atom is -0.0911 e. The van der Waals surface area contributed by atoms with E-state index >= 15 is 0 Å². The molecule has 0 aromatic carbocycles. The van der Waals surface area contributed by atoms with Gasteiger partial charge in [0.15, 0.2) is 0 Å². The fourth-order valence-electron chi connectivity index (χ4n) is 2.36. The fourth-order valence-corrected chi connectivity index (χ4v) is 2.36. The van der Waals surface area contributed by atoms with Crippen molar-refractivity contribution < 1.29 is 0 Å². The van der Waals surface area contributed by atoms with E-state index in [1.165, 1.54) is 32.1 Å². The highest BCUT2D eigenvalue weighted by Crippen LogP contribution is 2.39. The molecular formula is C14H28. The number of unbranched alkanes of at least 4 members (excludes halogenated alkanes) is 1. The lowest BCUT2D eigenvalue weighted by Crippen LogP contribution is -2.24. The Labute approximate surface area is 90.8 Å². The molecule has 1 unspecified atom stereocenters. The van der Waals surface area contributed by atoms with E-state index in [0.29, 0.717) is 5.41 Å². The van der Waals surface area contributed by atoms with Crippen LogP contribution >= 0.6 is 0 Å². The quantitative estimate of drug-likeness (QED) is 0.491. The Balaban J connectivity index is 4.55. The van der Waals surface area contributed by atoms with Gasteiger partial charge in [-0.1, -0.05) is 59.1 Å². The molecule has 0 spiro atoms. The Morgan fingerprint density at radius 2 is 1.71 bits per heavy atom. The zero-order valence-corrected chi connectivity index (χ0v) is 10.8. The average Bonchev–Trinajstić information content (AvgIpc) is 2.14. The van der Waals surface area contributed by atoms with Gasteiger partial charge in [-0.25, -0.2) is 0 Å². The first-order valence-electron chi connectivity index (χ1n) is 6.26. The predicted molar refractivity (Wildman–Crippen MR) is 66.5 cm³/mol. The van der Waals surface area contributed by atoms with Gasteiger partial charge in [-0.2, -0.15) is 0 Å². The topological polar surface area (TPSA) is 0 Å². The molecule has 0 rings (SSSR count). The Hall–Kier alpha value is -0.260. The van der Waals surface area contributed by atoms with Gasteiger partial charge in [-0.05, 0) is 31.1 Å². The Kier molecular flexibility index (Phi) is 6.96. The highest BCUT2D eigenvalue weighted by Gasteiger charge is 2.28. The molecular weight excluding hydrogens is 168 g/mol. The summed E-state index contributed by atoms with van der Waals surface area (Å²) in [6, 6.07) is 0. The lowest BCUT2D eigenvalue weighted by molar-refractivity contribution is 0.216. The normalized spacial score (nSPS) is 16.4. The summed E-state index contributed by atoms with van der Waals surface area (Å²) in [5.74, 6) is 0.769. The molecule has 0 amide bonds. The molecule has 0 aliphatic heterocycles. The van der Waals surface area contributed by atoms with Crippen molar-refractivity contribution in [2.45, 2.75) is 66.7 Å². The monoisotopic (exact) mass is 196 g/mol. The molecule has 0 aromatic heterocycles. The smallest absolute Gasteiger partial charge is 0.00954 e. The summed E-state index contributed by atoms with van der Waals surface area (Å²) in [5.41, 5.74) is 0.472. The molecule has 14 heavy (non-hydrogen) atoms. The summed E-state index contributed by atoms with van der Waals surface area (Å²) in [4.78, 5) is 0. The van der Waals surface area contributed by atoms with Gasteiger partial charge in [0.2, 0.25) is 0 Å². The minimum absolute atomic E-state index is 0.472. The van der Waals surface area contributed by atoms with E-state index in [-0.39, 0.29) is 0 Å². The van der Waals surface area contributed by atoms with Crippen LogP contribution in [-0.2, 0) is 0 Å². The van der Waals surface area contributed by atoms with E-state index in [9.17, 15) is 0 Å². The van der Waals surface area contributed by atoms with E-state index in [2.05, 4.69) is 46.8 Å². The van der Waals surface area contributed by atoms with E-state index < -0.39 is 0 Å². The van der Waals surface area contributed by atoms with Gasteiger partial charge in [0.1, 0.15) is 0 Å². The molecule has 0 aromatic rings. The lowest BCUT2D eigenvalue weighted by atomic mass is 9.70. The summed E-state index contributed by atoms with van der Waals surface area (Å²) in [7, 11) is 0. The van der Waals surface area contributed by atoms with Gasteiger partial charge in [-0.15, -0.1) is 0 Å². The van der Waals surface area contributed by atoms with Crippen LogP contribution in [0.25, 0.3) is 0 Å². The van der Waals surface area contributed by atoms with Crippen LogP contribution in [0.3, 0.4) is 0 Å². The van der Waals surface area contributed by atoms with Gasteiger partial charge < -0.3 is 0 Å². The predicted octanol–water partition coefficient (Wildman–Crippen LogP) is 5.20. The van der Waals surface area contributed by atoms with Crippen LogP contribution in [-0.4, -0.2) is 0 Å². The Morgan fingerprint density at radius 3 is 2.07 bits per heavy atom. The summed E-state index contributed by atoms with van der Waals surface area (Å²) in [6.45, 7) is 11.5. The van der Waals surface area contributed by atoms with E-state index in [1.807, 2.05) is 0 Å². The van der Waals surface area contributed by atoms with Crippen molar-refractivity contribution in [3.63, 3.8) is 0 Å². The summed E-state index contributed by atoms with van der Waals surface area (Å²) < 4.78 is 0. The maximum absolute atomic E-state index is 2.46. The molecule has 1 atom stereocenters. The van der Waals surface area contributed by atoms with Crippen molar-refractivity contribution in [3.05, 3.63) is 12.2 Å². The average molecular weight is 196 g/mol. The molecule has 0 aliphatic rings. The zero-order valence-electron chi connectivity index (χ0n) is 10.8. The van der Waals surface area contributed by atoms with Crippen molar-refractivity contribution in [1.29, 1.82) is 0 Å². The third-order valence-electron chi connectivity index (χ3n) is 3.36. The second kappa shape index (κ2) is 7.09.